The maximum Gasteiger partial charge on any atom is 0.0640 e. The smallest absolute Gasteiger partial charge is 0.0640 e. The Hall–Kier alpha value is -6.52. The van der Waals surface area contributed by atoms with Crippen LogP contribution in [0, 0.1) is 0 Å². The summed E-state index contributed by atoms with van der Waals surface area (Å²) in [6, 6.07) is 73.4. The molecule has 3 heteroatoms. The quantitative estimate of drug-likeness (QED) is 0.164. The maximum atomic E-state index is 2.50. The topological polar surface area (TPSA) is 3.24 Å². The van der Waals surface area contributed by atoms with E-state index in [0.29, 0.717) is 0 Å². The van der Waals surface area contributed by atoms with Crippen molar-refractivity contribution in [2.24, 2.45) is 0 Å². The minimum atomic E-state index is 1.13. The molecule has 0 aliphatic rings. The van der Waals surface area contributed by atoms with E-state index in [9.17, 15) is 0 Å². The van der Waals surface area contributed by atoms with Gasteiger partial charge in [0.25, 0.3) is 0 Å². The van der Waals surface area contributed by atoms with Gasteiger partial charge in [0.15, 0.2) is 0 Å². The number of nitrogens with zero attached hydrogens (tertiary/aromatic N) is 1. The molecule has 11 rings (SSSR count). The molecule has 0 amide bonds. The Bertz CT molecular complexity index is 3080. The van der Waals surface area contributed by atoms with Crippen LogP contribution in [0.1, 0.15) is 0 Å². The summed E-state index contributed by atoms with van der Waals surface area (Å²) in [5, 5.41) is 7.67. The highest BCUT2D eigenvalue weighted by molar-refractivity contribution is 7.27. The van der Waals surface area contributed by atoms with Crippen LogP contribution in [-0.4, -0.2) is 0 Å². The Balaban J connectivity index is 1.17. The monoisotopic (exact) mass is 735 g/mol. The largest absolute Gasteiger partial charge is 0.308 e. The molecule has 0 atom stereocenters. The Morgan fingerprint density at radius 3 is 1.40 bits per heavy atom. The summed E-state index contributed by atoms with van der Waals surface area (Å²) >= 11 is 3.76. The Kier molecular flexibility index (Phi) is 7.61. The number of thiophene rings is 2. The van der Waals surface area contributed by atoms with Crippen molar-refractivity contribution in [3.63, 3.8) is 0 Å². The lowest BCUT2D eigenvalue weighted by atomic mass is 9.84. The fourth-order valence-electron chi connectivity index (χ4n) is 8.40. The van der Waals surface area contributed by atoms with Gasteiger partial charge in [-0.1, -0.05) is 158 Å². The molecule has 258 valence electrons. The highest BCUT2D eigenvalue weighted by Crippen LogP contribution is 2.50. The lowest BCUT2D eigenvalue weighted by molar-refractivity contribution is 1.32. The third-order valence-corrected chi connectivity index (χ3v) is 13.3. The minimum absolute atomic E-state index is 1.13. The van der Waals surface area contributed by atoms with E-state index < -0.39 is 0 Å². The summed E-state index contributed by atoms with van der Waals surface area (Å²) < 4.78 is 5.19. The zero-order valence-corrected chi connectivity index (χ0v) is 31.4. The van der Waals surface area contributed by atoms with Gasteiger partial charge in [0.1, 0.15) is 0 Å². The SMILES string of the molecule is c1ccc(-c2cc3ccccc3c(-c3ccc(N(c4cccc5c4sc4ccccc45)c4cccc5c4sc4ccccc45)cc3)c2-c2ccccc2)cc1. The van der Waals surface area contributed by atoms with Gasteiger partial charge in [-0.3, -0.25) is 0 Å². The van der Waals surface area contributed by atoms with Crippen molar-refractivity contribution in [2.45, 2.75) is 0 Å². The molecular formula is C52H33NS2. The molecule has 0 saturated heterocycles. The van der Waals surface area contributed by atoms with Crippen molar-refractivity contribution in [3.8, 4) is 33.4 Å². The van der Waals surface area contributed by atoms with E-state index in [1.165, 1.54) is 95.9 Å². The van der Waals surface area contributed by atoms with Gasteiger partial charge in [-0.2, -0.15) is 0 Å². The van der Waals surface area contributed by atoms with Crippen molar-refractivity contribution >= 4 is 90.9 Å². The van der Waals surface area contributed by atoms with Gasteiger partial charge in [-0.25, -0.2) is 0 Å². The van der Waals surface area contributed by atoms with E-state index in [2.05, 4.69) is 205 Å². The summed E-state index contributed by atoms with van der Waals surface area (Å²) in [6.45, 7) is 0. The van der Waals surface area contributed by atoms with Gasteiger partial charge in [-0.15, -0.1) is 22.7 Å². The summed E-state index contributed by atoms with van der Waals surface area (Å²) in [6.07, 6.45) is 0. The van der Waals surface area contributed by atoms with Crippen LogP contribution in [0.5, 0.6) is 0 Å². The second-order valence-electron chi connectivity index (χ2n) is 14.0. The first-order valence-electron chi connectivity index (χ1n) is 18.7. The normalized spacial score (nSPS) is 11.6. The number of fused-ring (bicyclic) bond motifs is 7. The third kappa shape index (κ3) is 5.27. The van der Waals surface area contributed by atoms with Crippen LogP contribution in [0.25, 0.3) is 84.5 Å². The fourth-order valence-corrected chi connectivity index (χ4v) is 10.8. The summed E-state index contributed by atoms with van der Waals surface area (Å²) in [4.78, 5) is 2.50. The average molecular weight is 736 g/mol. The first-order valence-corrected chi connectivity index (χ1v) is 20.3. The molecule has 55 heavy (non-hydrogen) atoms. The third-order valence-electron chi connectivity index (χ3n) is 10.9. The van der Waals surface area contributed by atoms with E-state index in [4.69, 9.17) is 0 Å². The zero-order chi connectivity index (χ0) is 36.3. The van der Waals surface area contributed by atoms with E-state index in [1.807, 2.05) is 22.7 Å². The number of rotatable bonds is 6. The van der Waals surface area contributed by atoms with Crippen molar-refractivity contribution in [2.75, 3.05) is 4.90 Å². The predicted octanol–water partition coefficient (Wildman–Crippen LogP) is 16.0. The second-order valence-corrected chi connectivity index (χ2v) is 16.1. The maximum absolute atomic E-state index is 2.50. The molecule has 0 aliphatic carbocycles. The van der Waals surface area contributed by atoms with Crippen LogP contribution in [0.15, 0.2) is 200 Å². The van der Waals surface area contributed by atoms with Crippen LogP contribution in [0.2, 0.25) is 0 Å². The number of hydrogen-bond acceptors (Lipinski definition) is 3. The first kappa shape index (κ1) is 32.0. The molecular weight excluding hydrogens is 703 g/mol. The lowest BCUT2D eigenvalue weighted by Crippen LogP contribution is -2.10. The molecule has 1 nitrogen and oxygen atoms in total. The molecule has 0 saturated carbocycles. The fraction of sp³-hybridized carbons (Fsp3) is 0. The molecule has 0 radical (unpaired) electrons. The van der Waals surface area contributed by atoms with Gasteiger partial charge >= 0.3 is 0 Å². The van der Waals surface area contributed by atoms with Crippen LogP contribution in [-0.2, 0) is 0 Å². The molecule has 2 heterocycles. The van der Waals surface area contributed by atoms with Crippen molar-refractivity contribution in [1.29, 1.82) is 0 Å². The Morgan fingerprint density at radius 1 is 0.327 bits per heavy atom. The average Bonchev–Trinajstić information content (AvgIpc) is 3.84. The Labute approximate surface area is 327 Å². The van der Waals surface area contributed by atoms with Crippen LogP contribution >= 0.6 is 22.7 Å². The molecule has 9 aromatic carbocycles. The summed E-state index contributed by atoms with van der Waals surface area (Å²) in [5.41, 5.74) is 10.9. The zero-order valence-electron chi connectivity index (χ0n) is 29.8. The molecule has 11 aromatic rings. The van der Waals surface area contributed by atoms with Crippen molar-refractivity contribution < 1.29 is 0 Å². The van der Waals surface area contributed by atoms with Crippen LogP contribution < -0.4 is 4.90 Å². The van der Waals surface area contributed by atoms with Gasteiger partial charge < -0.3 is 4.90 Å². The van der Waals surface area contributed by atoms with Gasteiger partial charge in [-0.05, 0) is 86.6 Å². The predicted molar refractivity (Wildman–Crippen MR) is 241 cm³/mol. The molecule has 0 aliphatic heterocycles. The van der Waals surface area contributed by atoms with E-state index in [0.717, 1.165) is 5.69 Å². The van der Waals surface area contributed by atoms with Crippen molar-refractivity contribution in [3.05, 3.63) is 200 Å². The number of hydrogen-bond donors (Lipinski definition) is 0. The molecule has 2 aromatic heterocycles. The van der Waals surface area contributed by atoms with Crippen LogP contribution in [0.3, 0.4) is 0 Å². The number of anilines is 3. The van der Waals surface area contributed by atoms with Gasteiger partial charge in [0.05, 0.1) is 20.8 Å². The molecule has 0 unspecified atom stereocenters. The molecule has 0 spiro atoms. The van der Waals surface area contributed by atoms with E-state index in [1.54, 1.807) is 0 Å². The van der Waals surface area contributed by atoms with E-state index >= 15 is 0 Å². The molecule has 0 N–H and O–H groups in total. The van der Waals surface area contributed by atoms with Crippen molar-refractivity contribution in [1.82, 2.24) is 0 Å². The Morgan fingerprint density at radius 2 is 0.800 bits per heavy atom. The van der Waals surface area contributed by atoms with Crippen LogP contribution in [0.4, 0.5) is 17.1 Å². The van der Waals surface area contributed by atoms with Gasteiger partial charge in [0.2, 0.25) is 0 Å². The molecule has 0 bridgehead atoms. The van der Waals surface area contributed by atoms with E-state index in [-0.39, 0.29) is 0 Å². The first-order chi connectivity index (χ1) is 27.3. The second kappa shape index (κ2) is 13.1. The summed E-state index contributed by atoms with van der Waals surface area (Å²) in [7, 11) is 0. The highest BCUT2D eigenvalue weighted by atomic mass is 32.1. The molecule has 0 fully saturated rings. The number of benzene rings is 9. The lowest BCUT2D eigenvalue weighted by Gasteiger charge is -2.27. The minimum Gasteiger partial charge on any atom is -0.308 e. The standard InChI is InChI=1S/C52H33NS2/c1-3-15-34(16-4-1)44-33-37-19-7-8-20-39(37)49(50(44)35-17-5-2-6-18-35)36-29-31-38(32-30-36)53(45-25-13-23-42-40-21-9-11-27-47(40)54-51(42)45)46-26-14-24-43-41-22-10-12-28-48(41)55-52(43)46/h1-33H. The van der Waals surface area contributed by atoms with Gasteiger partial charge in [0, 0.05) is 36.6 Å². The summed E-state index contributed by atoms with van der Waals surface area (Å²) in [5.74, 6) is 0. The highest BCUT2D eigenvalue weighted by Gasteiger charge is 2.23.